The van der Waals surface area contributed by atoms with Crippen molar-refractivity contribution in [2.24, 2.45) is 0 Å². The monoisotopic (exact) mass is 354 g/mol. The van der Waals surface area contributed by atoms with Crippen LogP contribution in [-0.4, -0.2) is 9.36 Å². The summed E-state index contributed by atoms with van der Waals surface area (Å²) in [5.74, 6) is -0.298. The van der Waals surface area contributed by atoms with E-state index in [2.05, 4.69) is 9.36 Å². The number of hydrogen-bond donors (Lipinski definition) is 0. The molecule has 1 heterocycles. The van der Waals surface area contributed by atoms with Crippen molar-refractivity contribution in [3.05, 3.63) is 43.4 Å². The SMILES string of the molecule is Fc1cccc(Cl)c1Cc1nc(I)ns1. The summed E-state index contributed by atoms with van der Waals surface area (Å²) in [6, 6.07) is 4.66. The zero-order valence-electron chi connectivity index (χ0n) is 7.38. The predicted octanol–water partition coefficient (Wildman–Crippen LogP) is 3.53. The molecule has 1 aromatic carbocycles. The van der Waals surface area contributed by atoms with Gasteiger partial charge in [0.05, 0.1) is 0 Å². The molecule has 0 N–H and O–H groups in total. The fourth-order valence-corrected chi connectivity index (χ4v) is 2.70. The number of halogens is 3. The van der Waals surface area contributed by atoms with Gasteiger partial charge in [-0.1, -0.05) is 17.7 Å². The highest BCUT2D eigenvalue weighted by molar-refractivity contribution is 14.1. The minimum absolute atomic E-state index is 0.298. The maximum Gasteiger partial charge on any atom is 0.203 e. The van der Waals surface area contributed by atoms with E-state index >= 15 is 0 Å². The first-order valence-corrected chi connectivity index (χ1v) is 6.31. The van der Waals surface area contributed by atoms with Crippen LogP contribution in [0.1, 0.15) is 10.6 Å². The molecule has 6 heteroatoms. The van der Waals surface area contributed by atoms with Crippen molar-refractivity contribution in [3.63, 3.8) is 0 Å². The van der Waals surface area contributed by atoms with Crippen molar-refractivity contribution < 1.29 is 4.39 Å². The van der Waals surface area contributed by atoms with Crippen LogP contribution in [-0.2, 0) is 6.42 Å². The summed E-state index contributed by atoms with van der Waals surface area (Å²) in [7, 11) is 0. The first kappa shape index (κ1) is 11.2. The molecule has 0 amide bonds. The van der Waals surface area contributed by atoms with Crippen molar-refractivity contribution in [3.8, 4) is 0 Å². The van der Waals surface area contributed by atoms with E-state index < -0.39 is 0 Å². The Morgan fingerprint density at radius 2 is 2.27 bits per heavy atom. The maximum absolute atomic E-state index is 13.4. The molecule has 0 spiro atoms. The van der Waals surface area contributed by atoms with Crippen LogP contribution in [0.2, 0.25) is 5.02 Å². The minimum atomic E-state index is -0.298. The third-order valence-electron chi connectivity index (χ3n) is 1.83. The van der Waals surface area contributed by atoms with E-state index in [-0.39, 0.29) is 5.82 Å². The highest BCUT2D eigenvalue weighted by Gasteiger charge is 2.10. The lowest BCUT2D eigenvalue weighted by molar-refractivity contribution is 0.614. The van der Waals surface area contributed by atoms with E-state index in [4.69, 9.17) is 11.6 Å². The van der Waals surface area contributed by atoms with Crippen LogP contribution in [0.15, 0.2) is 18.2 Å². The van der Waals surface area contributed by atoms with Gasteiger partial charge in [-0.2, -0.15) is 4.37 Å². The lowest BCUT2D eigenvalue weighted by Gasteiger charge is -2.02. The van der Waals surface area contributed by atoms with Crippen LogP contribution in [0, 0.1) is 9.65 Å². The van der Waals surface area contributed by atoms with Crippen molar-refractivity contribution in [1.29, 1.82) is 0 Å². The van der Waals surface area contributed by atoms with Gasteiger partial charge in [-0.05, 0) is 23.7 Å². The average molecular weight is 355 g/mol. The van der Waals surface area contributed by atoms with Crippen LogP contribution in [0.4, 0.5) is 4.39 Å². The van der Waals surface area contributed by atoms with Crippen LogP contribution in [0.5, 0.6) is 0 Å². The van der Waals surface area contributed by atoms with Gasteiger partial charge in [0.25, 0.3) is 0 Å². The van der Waals surface area contributed by atoms with Gasteiger partial charge in [0.2, 0.25) is 3.83 Å². The lowest BCUT2D eigenvalue weighted by Crippen LogP contribution is -1.93. The van der Waals surface area contributed by atoms with Crippen molar-refractivity contribution in [2.75, 3.05) is 0 Å². The highest BCUT2D eigenvalue weighted by Crippen LogP contribution is 2.22. The molecule has 78 valence electrons. The molecule has 0 aliphatic carbocycles. The summed E-state index contributed by atoms with van der Waals surface area (Å²) < 4.78 is 18.1. The molecule has 0 saturated heterocycles. The second-order valence-corrected chi connectivity index (χ2v) is 5.04. The van der Waals surface area contributed by atoms with Gasteiger partial charge in [-0.3, -0.25) is 0 Å². The standard InChI is InChI=1S/C9H5ClFIN2S/c10-6-2-1-3-7(11)5(6)4-8-13-9(12)14-15-8/h1-3H,4H2. The summed E-state index contributed by atoms with van der Waals surface area (Å²) in [6.07, 6.45) is 0.395. The third-order valence-corrected chi connectivity index (χ3v) is 3.71. The van der Waals surface area contributed by atoms with Gasteiger partial charge in [0, 0.05) is 39.6 Å². The third kappa shape index (κ3) is 2.64. The molecule has 1 aromatic heterocycles. The van der Waals surface area contributed by atoms with Crippen LogP contribution in [0.3, 0.4) is 0 Å². The summed E-state index contributed by atoms with van der Waals surface area (Å²) in [4.78, 5) is 4.16. The summed E-state index contributed by atoms with van der Waals surface area (Å²) in [5.41, 5.74) is 0.478. The smallest absolute Gasteiger partial charge is 0.203 e. The molecule has 0 bridgehead atoms. The quantitative estimate of drug-likeness (QED) is 0.771. The number of rotatable bonds is 2. The van der Waals surface area contributed by atoms with Crippen molar-refractivity contribution in [1.82, 2.24) is 9.36 Å². The van der Waals surface area contributed by atoms with Crippen LogP contribution in [0.25, 0.3) is 0 Å². The highest BCUT2D eigenvalue weighted by atomic mass is 127. The van der Waals surface area contributed by atoms with E-state index in [1.165, 1.54) is 17.6 Å². The average Bonchev–Trinajstić information content (AvgIpc) is 2.58. The summed E-state index contributed by atoms with van der Waals surface area (Å²) in [6.45, 7) is 0. The predicted molar refractivity (Wildman–Crippen MR) is 66.8 cm³/mol. The fraction of sp³-hybridized carbons (Fsp3) is 0.111. The maximum atomic E-state index is 13.4. The van der Waals surface area contributed by atoms with E-state index in [0.29, 0.717) is 20.8 Å². The molecule has 2 rings (SSSR count). The second kappa shape index (κ2) is 4.71. The molecule has 0 radical (unpaired) electrons. The zero-order chi connectivity index (χ0) is 10.8. The van der Waals surface area contributed by atoms with Crippen molar-refractivity contribution in [2.45, 2.75) is 6.42 Å². The number of nitrogens with zero attached hydrogens (tertiary/aromatic N) is 2. The first-order chi connectivity index (χ1) is 7.16. The number of benzene rings is 1. The Kier molecular flexibility index (Phi) is 3.53. The fourth-order valence-electron chi connectivity index (χ4n) is 1.16. The van der Waals surface area contributed by atoms with Gasteiger partial charge in [-0.15, -0.1) is 0 Å². The molecule has 15 heavy (non-hydrogen) atoms. The number of aromatic nitrogens is 2. The Morgan fingerprint density at radius 3 is 2.87 bits per heavy atom. The molecule has 2 aromatic rings. The van der Waals surface area contributed by atoms with Gasteiger partial charge in [0.15, 0.2) is 0 Å². The van der Waals surface area contributed by atoms with E-state index in [1.807, 2.05) is 22.6 Å². The molecule has 0 fully saturated rings. The largest absolute Gasteiger partial charge is 0.214 e. The molecule has 0 saturated carbocycles. The molecular formula is C9H5ClFIN2S. The second-order valence-electron chi connectivity index (χ2n) is 2.83. The zero-order valence-corrected chi connectivity index (χ0v) is 11.1. The van der Waals surface area contributed by atoms with Gasteiger partial charge >= 0.3 is 0 Å². The lowest BCUT2D eigenvalue weighted by atomic mass is 10.1. The minimum Gasteiger partial charge on any atom is -0.214 e. The van der Waals surface area contributed by atoms with Gasteiger partial charge in [0.1, 0.15) is 10.8 Å². The molecule has 2 nitrogen and oxygen atoms in total. The molecule has 0 unspecified atom stereocenters. The Morgan fingerprint density at radius 1 is 1.47 bits per heavy atom. The molecule has 0 aliphatic rings. The van der Waals surface area contributed by atoms with E-state index in [9.17, 15) is 4.39 Å². The first-order valence-electron chi connectivity index (χ1n) is 4.08. The Bertz CT molecular complexity index is 468. The Hall–Kier alpha value is -0.270. The molecular weight excluding hydrogens is 350 g/mol. The molecule has 0 atom stereocenters. The van der Waals surface area contributed by atoms with E-state index in [1.54, 1.807) is 12.1 Å². The Labute approximate surface area is 109 Å². The normalized spacial score (nSPS) is 10.6. The van der Waals surface area contributed by atoms with Crippen LogP contribution < -0.4 is 0 Å². The van der Waals surface area contributed by atoms with Gasteiger partial charge < -0.3 is 0 Å². The van der Waals surface area contributed by atoms with Crippen molar-refractivity contribution >= 4 is 45.7 Å². The van der Waals surface area contributed by atoms with Gasteiger partial charge in [-0.25, -0.2) is 9.37 Å². The van der Waals surface area contributed by atoms with Crippen LogP contribution >= 0.6 is 45.7 Å². The van der Waals surface area contributed by atoms with E-state index in [0.717, 1.165) is 5.01 Å². The Balaban J connectivity index is 2.31. The summed E-state index contributed by atoms with van der Waals surface area (Å²) in [5, 5.41) is 1.20. The number of hydrogen-bond acceptors (Lipinski definition) is 3. The summed E-state index contributed by atoms with van der Waals surface area (Å²) >= 11 is 9.19. The topological polar surface area (TPSA) is 25.8 Å². The molecule has 0 aliphatic heterocycles.